The van der Waals surface area contributed by atoms with Gasteiger partial charge in [-0.3, -0.25) is 0 Å². The van der Waals surface area contributed by atoms with E-state index in [4.69, 9.17) is 5.73 Å². The van der Waals surface area contributed by atoms with Crippen LogP contribution in [0.25, 0.3) is 0 Å². The molecular weight excluding hydrogens is 336 g/mol. The van der Waals surface area contributed by atoms with E-state index in [9.17, 15) is 8.42 Å². The highest BCUT2D eigenvalue weighted by atomic mass is 32.2. The van der Waals surface area contributed by atoms with Crippen LogP contribution in [0.4, 0.5) is 0 Å². The maximum atomic E-state index is 12.2. The number of nitrogens with zero attached hydrogens (tertiary/aromatic N) is 2. The number of aliphatic imine (C=N–C) groups is 1. The van der Waals surface area contributed by atoms with E-state index in [1.807, 2.05) is 13.8 Å². The summed E-state index contributed by atoms with van der Waals surface area (Å²) < 4.78 is 27.0. The molecule has 1 unspecified atom stereocenters. The summed E-state index contributed by atoms with van der Waals surface area (Å²) >= 11 is 0. The number of rotatable bonds is 6. The molecule has 1 aromatic rings. The molecule has 1 saturated heterocycles. The Morgan fingerprint density at radius 2 is 2.04 bits per heavy atom. The highest BCUT2D eigenvalue weighted by molar-refractivity contribution is 7.89. The Balaban J connectivity index is 1.97. The molecule has 1 fully saturated rings. The van der Waals surface area contributed by atoms with Crippen LogP contribution in [0.1, 0.15) is 39.2 Å². The average molecular weight is 367 g/mol. The molecule has 25 heavy (non-hydrogen) atoms. The Bertz CT molecular complexity index is 684. The standard InChI is InChI=1S/C18H30N4O2S/c1-14(2)11-21-25(23,24)17-8-6-16(7-9-17)12-20-18(19)22-10-4-5-15(3)13-22/h6-9,14-15,21H,4-5,10-13H2,1-3H3,(H2,19,20). The lowest BCUT2D eigenvalue weighted by Crippen LogP contribution is -2.43. The molecule has 0 amide bonds. The summed E-state index contributed by atoms with van der Waals surface area (Å²) in [7, 11) is -3.45. The smallest absolute Gasteiger partial charge is 0.240 e. The number of guanidine groups is 1. The third-order valence-electron chi connectivity index (χ3n) is 4.32. The Labute approximate surface area is 151 Å². The van der Waals surface area contributed by atoms with E-state index < -0.39 is 10.0 Å². The Kier molecular flexibility index (Phi) is 6.84. The van der Waals surface area contributed by atoms with Crippen LogP contribution in [0.3, 0.4) is 0 Å². The quantitative estimate of drug-likeness (QED) is 0.596. The summed E-state index contributed by atoms with van der Waals surface area (Å²) in [5.74, 6) is 1.48. The normalized spacial score (nSPS) is 19.4. The van der Waals surface area contributed by atoms with Gasteiger partial charge in [0.25, 0.3) is 0 Å². The number of hydrogen-bond acceptors (Lipinski definition) is 3. The monoisotopic (exact) mass is 366 g/mol. The molecule has 0 aliphatic carbocycles. The molecule has 7 heteroatoms. The van der Waals surface area contributed by atoms with Crippen molar-refractivity contribution in [3.05, 3.63) is 29.8 Å². The van der Waals surface area contributed by atoms with Gasteiger partial charge in [0.15, 0.2) is 5.96 Å². The van der Waals surface area contributed by atoms with Crippen molar-refractivity contribution in [2.75, 3.05) is 19.6 Å². The highest BCUT2D eigenvalue weighted by Crippen LogP contribution is 2.16. The highest BCUT2D eigenvalue weighted by Gasteiger charge is 2.17. The van der Waals surface area contributed by atoms with Gasteiger partial charge in [0.2, 0.25) is 10.0 Å². The minimum absolute atomic E-state index is 0.267. The number of piperidine rings is 1. The Hall–Kier alpha value is -1.60. The van der Waals surface area contributed by atoms with E-state index in [1.54, 1.807) is 24.3 Å². The summed E-state index contributed by atoms with van der Waals surface area (Å²) in [6.07, 6.45) is 2.39. The SMILES string of the molecule is CC(C)CNS(=O)(=O)c1ccc(CN=C(N)N2CCCC(C)C2)cc1. The minimum atomic E-state index is -3.45. The first-order valence-corrected chi connectivity index (χ1v) is 10.4. The molecule has 0 spiro atoms. The van der Waals surface area contributed by atoms with Crippen molar-refractivity contribution < 1.29 is 8.42 Å². The van der Waals surface area contributed by atoms with Gasteiger partial charge >= 0.3 is 0 Å². The lowest BCUT2D eigenvalue weighted by molar-refractivity contribution is 0.270. The third kappa shape index (κ3) is 6.01. The summed E-state index contributed by atoms with van der Waals surface area (Å²) in [5.41, 5.74) is 7.04. The van der Waals surface area contributed by atoms with Crippen LogP contribution in [0.2, 0.25) is 0 Å². The van der Waals surface area contributed by atoms with Gasteiger partial charge in [-0.05, 0) is 42.4 Å². The van der Waals surface area contributed by atoms with Gasteiger partial charge in [-0.2, -0.15) is 0 Å². The van der Waals surface area contributed by atoms with Crippen molar-refractivity contribution in [1.82, 2.24) is 9.62 Å². The fourth-order valence-corrected chi connectivity index (χ4v) is 4.02. The zero-order valence-corrected chi connectivity index (χ0v) is 16.2. The van der Waals surface area contributed by atoms with E-state index in [2.05, 4.69) is 21.5 Å². The largest absolute Gasteiger partial charge is 0.370 e. The van der Waals surface area contributed by atoms with Crippen LogP contribution in [0, 0.1) is 11.8 Å². The summed E-state index contributed by atoms with van der Waals surface area (Å²) in [5, 5.41) is 0. The van der Waals surface area contributed by atoms with Gasteiger partial charge in [-0.15, -0.1) is 0 Å². The van der Waals surface area contributed by atoms with Crippen LogP contribution >= 0.6 is 0 Å². The second-order valence-corrected chi connectivity index (χ2v) is 9.02. The van der Waals surface area contributed by atoms with E-state index in [0.717, 1.165) is 25.1 Å². The van der Waals surface area contributed by atoms with Gasteiger partial charge in [0.05, 0.1) is 11.4 Å². The average Bonchev–Trinajstić information content (AvgIpc) is 2.58. The number of sulfonamides is 1. The van der Waals surface area contributed by atoms with Crippen LogP contribution < -0.4 is 10.5 Å². The Morgan fingerprint density at radius 1 is 1.36 bits per heavy atom. The number of likely N-dealkylation sites (tertiary alicyclic amines) is 1. The molecule has 1 aliphatic rings. The zero-order chi connectivity index (χ0) is 18.4. The lowest BCUT2D eigenvalue weighted by atomic mass is 10.0. The van der Waals surface area contributed by atoms with Crippen molar-refractivity contribution in [2.24, 2.45) is 22.6 Å². The van der Waals surface area contributed by atoms with Gasteiger partial charge in [-0.25, -0.2) is 18.1 Å². The molecule has 1 heterocycles. The molecular formula is C18H30N4O2S. The first-order chi connectivity index (χ1) is 11.8. The van der Waals surface area contributed by atoms with Gasteiger partial charge in [-0.1, -0.05) is 32.9 Å². The topological polar surface area (TPSA) is 87.8 Å². The minimum Gasteiger partial charge on any atom is -0.370 e. The van der Waals surface area contributed by atoms with Crippen molar-refractivity contribution in [3.63, 3.8) is 0 Å². The summed E-state index contributed by atoms with van der Waals surface area (Å²) in [6, 6.07) is 6.82. The van der Waals surface area contributed by atoms with Crippen molar-refractivity contribution in [3.8, 4) is 0 Å². The van der Waals surface area contributed by atoms with E-state index in [1.165, 1.54) is 6.42 Å². The molecule has 0 bridgehead atoms. The van der Waals surface area contributed by atoms with Crippen molar-refractivity contribution >= 4 is 16.0 Å². The fourth-order valence-electron chi connectivity index (χ4n) is 2.80. The molecule has 0 radical (unpaired) electrons. The zero-order valence-electron chi connectivity index (χ0n) is 15.4. The third-order valence-corrected chi connectivity index (χ3v) is 5.76. The molecule has 1 atom stereocenters. The molecule has 6 nitrogen and oxygen atoms in total. The van der Waals surface area contributed by atoms with Crippen LogP contribution in [0.15, 0.2) is 34.2 Å². The summed E-state index contributed by atoms with van der Waals surface area (Å²) in [6.45, 7) is 8.96. The van der Waals surface area contributed by atoms with Gasteiger partial charge in [0.1, 0.15) is 0 Å². The maximum Gasteiger partial charge on any atom is 0.240 e. The predicted octanol–water partition coefficient (Wildman–Crippen LogP) is 2.17. The molecule has 1 aliphatic heterocycles. The Morgan fingerprint density at radius 3 is 2.64 bits per heavy atom. The number of nitrogens with one attached hydrogen (secondary N) is 1. The van der Waals surface area contributed by atoms with E-state index in [0.29, 0.717) is 25.0 Å². The van der Waals surface area contributed by atoms with Crippen LogP contribution in [-0.2, 0) is 16.6 Å². The first kappa shape index (κ1) is 19.7. The molecule has 3 N–H and O–H groups in total. The molecule has 140 valence electrons. The fraction of sp³-hybridized carbons (Fsp3) is 0.611. The molecule has 2 rings (SSSR count). The van der Waals surface area contributed by atoms with Crippen LogP contribution in [-0.4, -0.2) is 38.9 Å². The first-order valence-electron chi connectivity index (χ1n) is 8.91. The van der Waals surface area contributed by atoms with Gasteiger partial charge < -0.3 is 10.6 Å². The molecule has 1 aromatic carbocycles. The van der Waals surface area contributed by atoms with E-state index >= 15 is 0 Å². The van der Waals surface area contributed by atoms with Crippen LogP contribution in [0.5, 0.6) is 0 Å². The lowest BCUT2D eigenvalue weighted by Gasteiger charge is -2.31. The second kappa shape index (κ2) is 8.67. The number of nitrogens with two attached hydrogens (primary N) is 1. The maximum absolute atomic E-state index is 12.2. The summed E-state index contributed by atoms with van der Waals surface area (Å²) in [4.78, 5) is 6.86. The van der Waals surface area contributed by atoms with Crippen molar-refractivity contribution in [1.29, 1.82) is 0 Å². The molecule has 0 saturated carbocycles. The van der Waals surface area contributed by atoms with E-state index in [-0.39, 0.29) is 10.8 Å². The van der Waals surface area contributed by atoms with Gasteiger partial charge in [0, 0.05) is 19.6 Å². The number of benzene rings is 1. The predicted molar refractivity (Wildman–Crippen MR) is 102 cm³/mol. The van der Waals surface area contributed by atoms with Crippen molar-refractivity contribution in [2.45, 2.75) is 45.1 Å². The second-order valence-electron chi connectivity index (χ2n) is 7.26. The number of hydrogen-bond donors (Lipinski definition) is 2. The molecule has 0 aromatic heterocycles.